The molecule has 3 heteroatoms. The van der Waals surface area contributed by atoms with Crippen LogP contribution in [0.3, 0.4) is 0 Å². The normalized spacial score (nSPS) is 36.5. The van der Waals surface area contributed by atoms with Crippen LogP contribution in [0.15, 0.2) is 0 Å². The Labute approximate surface area is 84.8 Å². The van der Waals surface area contributed by atoms with Gasteiger partial charge in [0, 0.05) is 12.5 Å². The van der Waals surface area contributed by atoms with E-state index in [1.807, 2.05) is 6.92 Å². The van der Waals surface area contributed by atoms with Gasteiger partial charge in [0.1, 0.15) is 0 Å². The molecule has 1 aliphatic heterocycles. The highest BCUT2D eigenvalue weighted by Crippen LogP contribution is 2.39. The number of esters is 1. The molecule has 3 unspecified atom stereocenters. The number of rotatable bonds is 2. The van der Waals surface area contributed by atoms with Crippen molar-refractivity contribution in [2.45, 2.75) is 38.7 Å². The number of hydrogen-bond acceptors (Lipinski definition) is 3. The van der Waals surface area contributed by atoms with E-state index in [-0.39, 0.29) is 11.9 Å². The smallest absolute Gasteiger partial charge is 0.309 e. The van der Waals surface area contributed by atoms with Crippen molar-refractivity contribution in [3.05, 3.63) is 0 Å². The van der Waals surface area contributed by atoms with Gasteiger partial charge in [0.15, 0.2) is 0 Å². The van der Waals surface area contributed by atoms with Gasteiger partial charge >= 0.3 is 5.97 Å². The summed E-state index contributed by atoms with van der Waals surface area (Å²) in [5, 5.41) is 0. The Kier molecular flexibility index (Phi) is 3.06. The quantitative estimate of drug-likeness (QED) is 0.634. The first-order chi connectivity index (χ1) is 6.83. The summed E-state index contributed by atoms with van der Waals surface area (Å²) in [5.74, 6) is 0.534. The Morgan fingerprint density at radius 3 is 3.07 bits per heavy atom. The summed E-state index contributed by atoms with van der Waals surface area (Å²) in [6.07, 6.45) is 4.58. The van der Waals surface area contributed by atoms with Crippen LogP contribution in [-0.4, -0.2) is 25.3 Å². The molecule has 0 aromatic carbocycles. The van der Waals surface area contributed by atoms with Crippen molar-refractivity contribution in [2.75, 3.05) is 13.2 Å². The van der Waals surface area contributed by atoms with Gasteiger partial charge in [-0.2, -0.15) is 0 Å². The van der Waals surface area contributed by atoms with Crippen molar-refractivity contribution in [1.29, 1.82) is 0 Å². The molecule has 0 aromatic rings. The van der Waals surface area contributed by atoms with Gasteiger partial charge in [-0.3, -0.25) is 4.79 Å². The molecular formula is C11H18O3. The van der Waals surface area contributed by atoms with Gasteiger partial charge in [-0.15, -0.1) is 0 Å². The summed E-state index contributed by atoms with van der Waals surface area (Å²) in [4.78, 5) is 11.7. The number of hydrogen-bond donors (Lipinski definition) is 0. The van der Waals surface area contributed by atoms with E-state index >= 15 is 0 Å². The van der Waals surface area contributed by atoms with E-state index in [1.54, 1.807) is 0 Å². The molecule has 1 heterocycles. The van der Waals surface area contributed by atoms with E-state index in [0.29, 0.717) is 18.6 Å². The van der Waals surface area contributed by atoms with Gasteiger partial charge in [0.25, 0.3) is 0 Å². The van der Waals surface area contributed by atoms with E-state index in [9.17, 15) is 4.79 Å². The minimum absolute atomic E-state index is 0.00676. The van der Waals surface area contributed by atoms with E-state index in [4.69, 9.17) is 9.47 Å². The zero-order valence-corrected chi connectivity index (χ0v) is 8.70. The summed E-state index contributed by atoms with van der Waals surface area (Å²) in [6.45, 7) is 3.18. The number of carbonyl (C=O) groups excluding carboxylic acids is 1. The first kappa shape index (κ1) is 9.97. The second-order valence-corrected chi connectivity index (χ2v) is 4.15. The summed E-state index contributed by atoms with van der Waals surface area (Å²) in [6, 6.07) is 0. The molecule has 3 nitrogen and oxygen atoms in total. The van der Waals surface area contributed by atoms with Crippen molar-refractivity contribution in [3.63, 3.8) is 0 Å². The minimum atomic E-state index is -0.00676. The number of carbonyl (C=O) groups is 1. The fraction of sp³-hybridized carbons (Fsp3) is 0.909. The summed E-state index contributed by atoms with van der Waals surface area (Å²) < 4.78 is 10.7. The molecule has 2 rings (SSSR count). The molecule has 0 N–H and O–H groups in total. The van der Waals surface area contributed by atoms with E-state index in [2.05, 4.69) is 0 Å². The summed E-state index contributed by atoms with van der Waals surface area (Å²) in [5.41, 5.74) is 0. The van der Waals surface area contributed by atoms with Crippen molar-refractivity contribution < 1.29 is 14.3 Å². The highest BCUT2D eigenvalue weighted by Gasteiger charge is 2.41. The Hall–Kier alpha value is -0.570. The van der Waals surface area contributed by atoms with Crippen LogP contribution in [0.1, 0.15) is 32.6 Å². The number of ether oxygens (including phenoxy) is 2. The lowest BCUT2D eigenvalue weighted by molar-refractivity contribution is -0.152. The first-order valence-corrected chi connectivity index (χ1v) is 5.61. The first-order valence-electron chi connectivity index (χ1n) is 5.61. The largest absolute Gasteiger partial charge is 0.466 e. The molecule has 2 aliphatic rings. The van der Waals surface area contributed by atoms with Crippen LogP contribution >= 0.6 is 0 Å². The molecular weight excluding hydrogens is 180 g/mol. The van der Waals surface area contributed by atoms with Gasteiger partial charge in [0.2, 0.25) is 0 Å². The van der Waals surface area contributed by atoms with Gasteiger partial charge in [-0.1, -0.05) is 0 Å². The molecule has 1 saturated carbocycles. The van der Waals surface area contributed by atoms with Crippen LogP contribution in [0.4, 0.5) is 0 Å². The zero-order valence-electron chi connectivity index (χ0n) is 8.70. The molecule has 0 radical (unpaired) electrons. The van der Waals surface area contributed by atoms with Crippen molar-refractivity contribution in [2.24, 2.45) is 11.8 Å². The molecule has 80 valence electrons. The van der Waals surface area contributed by atoms with Crippen LogP contribution in [-0.2, 0) is 14.3 Å². The Morgan fingerprint density at radius 2 is 2.29 bits per heavy atom. The van der Waals surface area contributed by atoms with E-state index in [0.717, 1.165) is 32.3 Å². The third-order valence-corrected chi connectivity index (χ3v) is 3.37. The summed E-state index contributed by atoms with van der Waals surface area (Å²) in [7, 11) is 0. The summed E-state index contributed by atoms with van der Waals surface area (Å²) >= 11 is 0. The van der Waals surface area contributed by atoms with E-state index < -0.39 is 0 Å². The molecule has 14 heavy (non-hydrogen) atoms. The average molecular weight is 198 g/mol. The third-order valence-electron chi connectivity index (χ3n) is 3.37. The highest BCUT2D eigenvalue weighted by molar-refractivity contribution is 5.73. The molecule has 0 spiro atoms. The fourth-order valence-corrected chi connectivity index (χ4v) is 2.72. The topological polar surface area (TPSA) is 35.5 Å². The zero-order chi connectivity index (χ0) is 9.97. The molecule has 2 fully saturated rings. The van der Waals surface area contributed by atoms with Gasteiger partial charge in [0.05, 0.1) is 18.6 Å². The monoisotopic (exact) mass is 198 g/mol. The van der Waals surface area contributed by atoms with Crippen molar-refractivity contribution in [3.8, 4) is 0 Å². The van der Waals surface area contributed by atoms with Crippen LogP contribution in [0.25, 0.3) is 0 Å². The molecule has 1 saturated heterocycles. The van der Waals surface area contributed by atoms with Gasteiger partial charge < -0.3 is 9.47 Å². The molecule has 0 amide bonds. The standard InChI is InChI=1S/C11H18O3/c1-2-13-11(12)9-4-3-5-10-8(9)6-7-14-10/h8-10H,2-7H2,1H3. The number of fused-ring (bicyclic) bond motifs is 1. The maximum Gasteiger partial charge on any atom is 0.309 e. The lowest BCUT2D eigenvalue weighted by atomic mass is 9.77. The predicted octanol–water partition coefficient (Wildman–Crippen LogP) is 1.75. The van der Waals surface area contributed by atoms with E-state index in [1.165, 1.54) is 0 Å². The molecule has 0 aromatic heterocycles. The van der Waals surface area contributed by atoms with Crippen LogP contribution in [0, 0.1) is 11.8 Å². The van der Waals surface area contributed by atoms with Crippen molar-refractivity contribution >= 4 is 5.97 Å². The second kappa shape index (κ2) is 4.30. The highest BCUT2D eigenvalue weighted by atomic mass is 16.5. The van der Waals surface area contributed by atoms with Crippen LogP contribution in [0.2, 0.25) is 0 Å². The maximum absolute atomic E-state index is 11.7. The third kappa shape index (κ3) is 1.78. The maximum atomic E-state index is 11.7. The Balaban J connectivity index is 1.99. The SMILES string of the molecule is CCOC(=O)C1CCCC2OCCC21. The minimum Gasteiger partial charge on any atom is -0.466 e. The molecule has 3 atom stereocenters. The average Bonchev–Trinajstić information content (AvgIpc) is 2.65. The second-order valence-electron chi connectivity index (χ2n) is 4.15. The predicted molar refractivity (Wildman–Crippen MR) is 51.8 cm³/mol. The fourth-order valence-electron chi connectivity index (χ4n) is 2.72. The van der Waals surface area contributed by atoms with Gasteiger partial charge in [-0.25, -0.2) is 0 Å². The Morgan fingerprint density at radius 1 is 1.43 bits per heavy atom. The van der Waals surface area contributed by atoms with Crippen LogP contribution < -0.4 is 0 Å². The molecule has 1 aliphatic carbocycles. The molecule has 0 bridgehead atoms. The Bertz CT molecular complexity index is 215. The van der Waals surface area contributed by atoms with Crippen molar-refractivity contribution in [1.82, 2.24) is 0 Å². The van der Waals surface area contributed by atoms with Crippen LogP contribution in [0.5, 0.6) is 0 Å². The lowest BCUT2D eigenvalue weighted by Crippen LogP contribution is -2.35. The lowest BCUT2D eigenvalue weighted by Gasteiger charge is -2.30. The van der Waals surface area contributed by atoms with Gasteiger partial charge in [-0.05, 0) is 32.6 Å².